The molecule has 4 rings (SSSR count). The fourth-order valence-electron chi connectivity index (χ4n) is 3.85. The van der Waals surface area contributed by atoms with Crippen LogP contribution in [0.3, 0.4) is 0 Å². The molecule has 0 unspecified atom stereocenters. The SMILES string of the molecule is CCOc1cc(/C=C2\SC(=O)N(CCOc3ccc(Cl)cc3)C2=O)ccc1OCC(=O)Nc1cccc(C)c1C. The van der Waals surface area contributed by atoms with Gasteiger partial charge in [0.2, 0.25) is 0 Å². The third kappa shape index (κ3) is 7.37. The zero-order valence-electron chi connectivity index (χ0n) is 22.4. The zero-order chi connectivity index (χ0) is 28.6. The Morgan fingerprint density at radius 3 is 2.52 bits per heavy atom. The van der Waals surface area contributed by atoms with Crippen LogP contribution in [0.1, 0.15) is 23.6 Å². The molecule has 3 aromatic rings. The lowest BCUT2D eigenvalue weighted by molar-refractivity contribution is -0.123. The number of imide groups is 1. The molecule has 1 N–H and O–H groups in total. The van der Waals surface area contributed by atoms with Gasteiger partial charge in [-0.25, -0.2) is 0 Å². The highest BCUT2D eigenvalue weighted by molar-refractivity contribution is 8.18. The summed E-state index contributed by atoms with van der Waals surface area (Å²) in [6.07, 6.45) is 1.63. The van der Waals surface area contributed by atoms with Gasteiger partial charge < -0.3 is 19.5 Å². The van der Waals surface area contributed by atoms with Crippen molar-refractivity contribution in [3.63, 3.8) is 0 Å². The van der Waals surface area contributed by atoms with Crippen molar-refractivity contribution in [1.29, 1.82) is 0 Å². The van der Waals surface area contributed by atoms with Crippen LogP contribution >= 0.6 is 23.4 Å². The van der Waals surface area contributed by atoms with E-state index in [4.69, 9.17) is 25.8 Å². The van der Waals surface area contributed by atoms with Gasteiger partial charge in [-0.15, -0.1) is 0 Å². The number of ether oxygens (including phenoxy) is 3. The summed E-state index contributed by atoms with van der Waals surface area (Å²) in [6.45, 7) is 6.20. The Hall–Kier alpha value is -3.95. The summed E-state index contributed by atoms with van der Waals surface area (Å²) in [5, 5.41) is 3.09. The molecule has 0 bridgehead atoms. The maximum absolute atomic E-state index is 12.9. The zero-order valence-corrected chi connectivity index (χ0v) is 23.9. The van der Waals surface area contributed by atoms with Crippen molar-refractivity contribution in [1.82, 2.24) is 4.90 Å². The molecule has 3 aromatic carbocycles. The highest BCUT2D eigenvalue weighted by Crippen LogP contribution is 2.34. The van der Waals surface area contributed by atoms with Crippen LogP contribution in [0.25, 0.3) is 6.08 Å². The van der Waals surface area contributed by atoms with Crippen molar-refractivity contribution >= 4 is 52.2 Å². The van der Waals surface area contributed by atoms with E-state index in [0.29, 0.717) is 39.3 Å². The molecular weight excluding hydrogens is 552 g/mol. The minimum atomic E-state index is -0.392. The number of benzene rings is 3. The number of rotatable bonds is 11. The van der Waals surface area contributed by atoms with E-state index in [9.17, 15) is 14.4 Å². The molecule has 0 spiro atoms. The average molecular weight is 581 g/mol. The predicted octanol–water partition coefficient (Wildman–Crippen LogP) is 6.49. The number of anilines is 1. The van der Waals surface area contributed by atoms with Crippen LogP contribution in [0.2, 0.25) is 5.02 Å². The Balaban J connectivity index is 1.38. The van der Waals surface area contributed by atoms with Crippen molar-refractivity contribution in [2.24, 2.45) is 0 Å². The summed E-state index contributed by atoms with van der Waals surface area (Å²) in [4.78, 5) is 39.3. The molecule has 8 nitrogen and oxygen atoms in total. The van der Waals surface area contributed by atoms with Crippen molar-refractivity contribution in [3.05, 3.63) is 87.3 Å². The normalized spacial score (nSPS) is 14.0. The summed E-state index contributed by atoms with van der Waals surface area (Å²) in [6, 6.07) is 17.7. The average Bonchev–Trinajstić information content (AvgIpc) is 3.19. The fraction of sp³-hybridized carbons (Fsp3) is 0.233. The topological polar surface area (TPSA) is 94.2 Å². The molecule has 1 aliphatic heterocycles. The molecular formula is C30H29ClN2O6S. The largest absolute Gasteiger partial charge is 0.492 e. The van der Waals surface area contributed by atoms with Gasteiger partial charge in [0.1, 0.15) is 12.4 Å². The van der Waals surface area contributed by atoms with Gasteiger partial charge in [0.25, 0.3) is 17.1 Å². The maximum Gasteiger partial charge on any atom is 0.293 e. The van der Waals surface area contributed by atoms with Crippen LogP contribution in [0, 0.1) is 13.8 Å². The summed E-state index contributed by atoms with van der Waals surface area (Å²) in [5.41, 5.74) is 3.46. The molecule has 1 aliphatic rings. The lowest BCUT2D eigenvalue weighted by Gasteiger charge is -2.14. The first kappa shape index (κ1) is 29.0. The molecule has 1 saturated heterocycles. The third-order valence-corrected chi connectivity index (χ3v) is 7.23. The summed E-state index contributed by atoms with van der Waals surface area (Å²) >= 11 is 6.74. The second-order valence-electron chi connectivity index (χ2n) is 8.86. The second-order valence-corrected chi connectivity index (χ2v) is 10.3. The number of amides is 3. The first-order chi connectivity index (χ1) is 19.2. The monoisotopic (exact) mass is 580 g/mol. The van der Waals surface area contributed by atoms with E-state index in [0.717, 1.165) is 33.5 Å². The molecule has 40 heavy (non-hydrogen) atoms. The standard InChI is InChI=1S/C30H29ClN2O6S/c1-4-37-26-16-21(8-13-25(26)39-18-28(34)32-24-7-5-6-19(2)20(24)3)17-27-29(35)33(30(36)40-27)14-15-38-23-11-9-22(31)10-12-23/h5-13,16-17H,4,14-15,18H2,1-3H3,(H,32,34)/b27-17-. The molecule has 1 heterocycles. The number of hydrogen-bond acceptors (Lipinski definition) is 7. The summed E-state index contributed by atoms with van der Waals surface area (Å²) in [5.74, 6) is 0.722. The van der Waals surface area contributed by atoms with Crippen LogP contribution < -0.4 is 19.5 Å². The van der Waals surface area contributed by atoms with Gasteiger partial charge >= 0.3 is 0 Å². The van der Waals surface area contributed by atoms with Crippen LogP contribution in [0.4, 0.5) is 10.5 Å². The quantitative estimate of drug-likeness (QED) is 0.259. The smallest absolute Gasteiger partial charge is 0.293 e. The minimum absolute atomic E-state index is 0.117. The van der Waals surface area contributed by atoms with Gasteiger partial charge in [0.15, 0.2) is 18.1 Å². The number of nitrogens with zero attached hydrogens (tertiary/aromatic N) is 1. The molecule has 0 aromatic heterocycles. The molecule has 0 saturated carbocycles. The molecule has 1 fully saturated rings. The van der Waals surface area contributed by atoms with Crippen molar-refractivity contribution in [2.45, 2.75) is 20.8 Å². The first-order valence-electron chi connectivity index (χ1n) is 12.6. The van der Waals surface area contributed by atoms with E-state index >= 15 is 0 Å². The molecule has 10 heteroatoms. The van der Waals surface area contributed by atoms with Gasteiger partial charge in [-0.05, 0) is 97.8 Å². The first-order valence-corrected chi connectivity index (χ1v) is 13.8. The Kier molecular flexibility index (Phi) is 9.74. The maximum atomic E-state index is 12.9. The molecule has 3 amide bonds. The number of halogens is 1. The van der Waals surface area contributed by atoms with E-state index in [1.54, 1.807) is 48.5 Å². The summed E-state index contributed by atoms with van der Waals surface area (Å²) < 4.78 is 17.1. The number of thioether (sulfide) groups is 1. The molecule has 208 valence electrons. The minimum Gasteiger partial charge on any atom is -0.492 e. The van der Waals surface area contributed by atoms with E-state index in [1.165, 1.54) is 0 Å². The second kappa shape index (κ2) is 13.4. The van der Waals surface area contributed by atoms with Crippen molar-refractivity contribution in [2.75, 3.05) is 31.7 Å². The van der Waals surface area contributed by atoms with Gasteiger partial charge in [0.05, 0.1) is 18.1 Å². The number of aryl methyl sites for hydroxylation is 1. The van der Waals surface area contributed by atoms with Gasteiger partial charge in [0, 0.05) is 10.7 Å². The van der Waals surface area contributed by atoms with Crippen LogP contribution in [0.5, 0.6) is 17.2 Å². The Morgan fingerprint density at radius 1 is 1.00 bits per heavy atom. The third-order valence-electron chi connectivity index (χ3n) is 6.07. The van der Waals surface area contributed by atoms with Gasteiger partial charge in [-0.2, -0.15) is 0 Å². The lowest BCUT2D eigenvalue weighted by atomic mass is 10.1. The summed E-state index contributed by atoms with van der Waals surface area (Å²) in [7, 11) is 0. The Labute approximate surface area is 242 Å². The van der Waals surface area contributed by atoms with Crippen LogP contribution in [-0.2, 0) is 9.59 Å². The number of hydrogen-bond donors (Lipinski definition) is 1. The Morgan fingerprint density at radius 2 is 1.77 bits per heavy atom. The highest BCUT2D eigenvalue weighted by Gasteiger charge is 2.34. The van der Waals surface area contributed by atoms with E-state index in [1.807, 2.05) is 39.0 Å². The Bertz CT molecular complexity index is 1440. The number of nitrogens with one attached hydrogen (secondary N) is 1. The van der Waals surface area contributed by atoms with Crippen molar-refractivity contribution < 1.29 is 28.6 Å². The molecule has 0 atom stereocenters. The fourth-order valence-corrected chi connectivity index (χ4v) is 4.84. The number of carbonyl (C=O) groups excluding carboxylic acids is 3. The molecule has 0 radical (unpaired) electrons. The van der Waals surface area contributed by atoms with Crippen LogP contribution in [0.15, 0.2) is 65.6 Å². The van der Waals surface area contributed by atoms with Gasteiger partial charge in [-0.1, -0.05) is 29.8 Å². The lowest BCUT2D eigenvalue weighted by Crippen LogP contribution is -2.32. The van der Waals surface area contributed by atoms with E-state index < -0.39 is 5.91 Å². The van der Waals surface area contributed by atoms with Crippen molar-refractivity contribution in [3.8, 4) is 17.2 Å². The van der Waals surface area contributed by atoms with E-state index in [2.05, 4.69) is 5.32 Å². The molecule has 0 aliphatic carbocycles. The van der Waals surface area contributed by atoms with Gasteiger partial charge in [-0.3, -0.25) is 19.3 Å². The van der Waals surface area contributed by atoms with E-state index in [-0.39, 0.29) is 30.9 Å². The van der Waals surface area contributed by atoms with Crippen LogP contribution in [-0.4, -0.2) is 48.3 Å². The predicted molar refractivity (Wildman–Crippen MR) is 157 cm³/mol. The number of carbonyl (C=O) groups is 3. The highest BCUT2D eigenvalue weighted by atomic mass is 35.5.